The van der Waals surface area contributed by atoms with Crippen LogP contribution in [0.3, 0.4) is 0 Å². The van der Waals surface area contributed by atoms with E-state index in [1.807, 2.05) is 13.0 Å². The van der Waals surface area contributed by atoms with E-state index in [-0.39, 0.29) is 22.7 Å². The second kappa shape index (κ2) is 4.39. The Balaban J connectivity index is 2.18. The van der Waals surface area contributed by atoms with Crippen LogP contribution in [0.5, 0.6) is 0 Å². The van der Waals surface area contributed by atoms with Crippen LogP contribution in [0.1, 0.15) is 50.7 Å². The van der Waals surface area contributed by atoms with Crippen molar-refractivity contribution in [2.24, 2.45) is 5.41 Å². The zero-order valence-corrected chi connectivity index (χ0v) is 12.2. The van der Waals surface area contributed by atoms with E-state index in [0.717, 1.165) is 18.3 Å². The molecule has 1 aliphatic heterocycles. The number of carbonyl (C=O) groups is 1. The average molecular weight is 285 g/mol. The van der Waals surface area contributed by atoms with E-state index >= 15 is 0 Å². The number of fused-ring (bicyclic) bond motifs is 1. The van der Waals surface area contributed by atoms with E-state index in [1.54, 1.807) is 0 Å². The highest BCUT2D eigenvalue weighted by Crippen LogP contribution is 2.46. The maximum atomic E-state index is 13.8. The molecule has 1 atom stereocenters. The molecule has 2 heterocycles. The fourth-order valence-electron chi connectivity index (χ4n) is 3.37. The van der Waals surface area contributed by atoms with Crippen LogP contribution < -0.4 is 5.32 Å². The van der Waals surface area contributed by atoms with Crippen LogP contribution in [0.4, 0.5) is 10.2 Å². The summed E-state index contributed by atoms with van der Waals surface area (Å²) in [7, 11) is 0. The summed E-state index contributed by atoms with van der Waals surface area (Å²) in [4.78, 5) is 16.5. The van der Waals surface area contributed by atoms with Gasteiger partial charge in [0.25, 0.3) is 0 Å². The van der Waals surface area contributed by atoms with Crippen LogP contribution in [-0.4, -0.2) is 10.8 Å². The first-order chi connectivity index (χ1) is 9.84. The molecule has 5 heteroatoms. The van der Waals surface area contributed by atoms with Gasteiger partial charge in [-0.3, -0.25) is 4.79 Å². The summed E-state index contributed by atoms with van der Waals surface area (Å²) >= 11 is 0. The molecule has 1 aromatic heterocycles. The molecular weight excluding hydrogens is 269 g/mol. The molecule has 0 saturated heterocycles. The van der Waals surface area contributed by atoms with E-state index in [2.05, 4.69) is 24.1 Å². The van der Waals surface area contributed by atoms with E-state index in [9.17, 15) is 14.4 Å². The van der Waals surface area contributed by atoms with Crippen molar-refractivity contribution in [2.45, 2.75) is 39.5 Å². The first-order valence-corrected chi connectivity index (χ1v) is 6.96. The Morgan fingerprint density at radius 2 is 2.19 bits per heavy atom. The minimum atomic E-state index is -0.641. The molecule has 108 valence electrons. The molecule has 1 aliphatic carbocycles. The van der Waals surface area contributed by atoms with Crippen molar-refractivity contribution in [3.8, 4) is 6.07 Å². The number of allylic oxidation sites excluding steroid dienone is 2. The van der Waals surface area contributed by atoms with Gasteiger partial charge in [-0.05, 0) is 11.8 Å². The largest absolute Gasteiger partial charge is 0.343 e. The molecule has 0 spiro atoms. The minimum Gasteiger partial charge on any atom is -0.343 e. The van der Waals surface area contributed by atoms with Crippen LogP contribution in [0.2, 0.25) is 0 Å². The fraction of sp³-hybridized carbons (Fsp3) is 0.438. The summed E-state index contributed by atoms with van der Waals surface area (Å²) in [5, 5.41) is 12.3. The van der Waals surface area contributed by atoms with Gasteiger partial charge in [0.05, 0.1) is 11.8 Å². The summed E-state index contributed by atoms with van der Waals surface area (Å²) < 4.78 is 13.8. The third-order valence-corrected chi connectivity index (χ3v) is 4.24. The van der Waals surface area contributed by atoms with Crippen LogP contribution in [-0.2, 0) is 4.79 Å². The summed E-state index contributed by atoms with van der Waals surface area (Å²) in [6.07, 6.45) is 2.27. The zero-order valence-electron chi connectivity index (χ0n) is 12.2. The third-order valence-electron chi connectivity index (χ3n) is 4.24. The first kappa shape index (κ1) is 13.7. The Hall–Kier alpha value is -2.22. The van der Waals surface area contributed by atoms with Crippen molar-refractivity contribution in [1.82, 2.24) is 4.98 Å². The highest BCUT2D eigenvalue weighted by Gasteiger charge is 2.40. The topological polar surface area (TPSA) is 65.8 Å². The van der Waals surface area contributed by atoms with Gasteiger partial charge in [-0.2, -0.15) is 5.26 Å². The first-order valence-electron chi connectivity index (χ1n) is 6.96. The number of hydrogen-bond acceptors (Lipinski definition) is 4. The van der Waals surface area contributed by atoms with E-state index in [0.29, 0.717) is 23.4 Å². The Morgan fingerprint density at radius 1 is 1.48 bits per heavy atom. The lowest BCUT2D eigenvalue weighted by molar-refractivity contribution is -0.118. The summed E-state index contributed by atoms with van der Waals surface area (Å²) in [5.74, 6) is -0.389. The van der Waals surface area contributed by atoms with Crippen LogP contribution >= 0.6 is 0 Å². The normalized spacial score (nSPS) is 23.0. The molecule has 0 saturated carbocycles. The van der Waals surface area contributed by atoms with Crippen LogP contribution in [0.25, 0.3) is 0 Å². The maximum Gasteiger partial charge on any atom is 0.161 e. The predicted octanol–water partition coefficient (Wildman–Crippen LogP) is 3.26. The SMILES string of the molecule is CC1C2=C(CC(C)(C)CC2=O)Nc2ncc(F)c(C#N)c21. The quantitative estimate of drug-likeness (QED) is 0.794. The number of nitrogens with one attached hydrogen (secondary N) is 1. The van der Waals surface area contributed by atoms with Crippen molar-refractivity contribution >= 4 is 11.6 Å². The van der Waals surface area contributed by atoms with Crippen molar-refractivity contribution < 1.29 is 9.18 Å². The number of carbonyl (C=O) groups excluding carboxylic acids is 1. The van der Waals surface area contributed by atoms with Gasteiger partial charge < -0.3 is 5.32 Å². The Bertz CT molecular complexity index is 728. The van der Waals surface area contributed by atoms with Crippen LogP contribution in [0.15, 0.2) is 17.5 Å². The third kappa shape index (κ3) is 2.02. The molecule has 2 aliphatic rings. The molecule has 1 unspecified atom stereocenters. The Labute approximate surface area is 122 Å². The van der Waals surface area contributed by atoms with Crippen molar-refractivity contribution in [2.75, 3.05) is 5.32 Å². The summed E-state index contributed by atoms with van der Waals surface area (Å²) in [6, 6.07) is 1.89. The van der Waals surface area contributed by atoms with Gasteiger partial charge in [0, 0.05) is 29.2 Å². The number of anilines is 1. The number of halogens is 1. The Kier molecular flexibility index (Phi) is 2.87. The smallest absolute Gasteiger partial charge is 0.161 e. The Morgan fingerprint density at radius 3 is 2.86 bits per heavy atom. The summed E-state index contributed by atoms with van der Waals surface area (Å²) in [5.41, 5.74) is 1.90. The highest BCUT2D eigenvalue weighted by molar-refractivity contribution is 6.00. The van der Waals surface area contributed by atoms with Crippen molar-refractivity contribution in [3.05, 3.63) is 34.4 Å². The van der Waals surface area contributed by atoms with Crippen LogP contribution in [0, 0.1) is 22.6 Å². The monoisotopic (exact) mass is 285 g/mol. The molecule has 0 bridgehead atoms. The maximum absolute atomic E-state index is 13.8. The van der Waals surface area contributed by atoms with Gasteiger partial charge in [-0.25, -0.2) is 9.37 Å². The number of rotatable bonds is 0. The fourth-order valence-corrected chi connectivity index (χ4v) is 3.37. The standard InChI is InChI=1S/C16H16FN3O/c1-8-13-9(6-18)10(17)7-19-15(13)20-11-4-16(2,3)5-12(21)14(8)11/h7-8H,4-5H2,1-3H3,(H,19,20). The number of ketones is 1. The van der Waals surface area contributed by atoms with E-state index in [4.69, 9.17) is 0 Å². The van der Waals surface area contributed by atoms with Gasteiger partial charge in [-0.1, -0.05) is 20.8 Å². The molecule has 1 aromatic rings. The molecule has 3 rings (SSSR count). The van der Waals surface area contributed by atoms with E-state index < -0.39 is 5.82 Å². The second-order valence-electron chi connectivity index (χ2n) is 6.54. The summed E-state index contributed by atoms with van der Waals surface area (Å²) in [6.45, 7) is 5.94. The molecule has 0 amide bonds. The molecule has 0 aromatic carbocycles. The number of nitrogens with zero attached hydrogens (tertiary/aromatic N) is 2. The van der Waals surface area contributed by atoms with Crippen molar-refractivity contribution in [3.63, 3.8) is 0 Å². The van der Waals surface area contributed by atoms with Gasteiger partial charge >= 0.3 is 0 Å². The minimum absolute atomic E-state index is 0.0239. The van der Waals surface area contributed by atoms with Crippen molar-refractivity contribution in [1.29, 1.82) is 5.26 Å². The van der Waals surface area contributed by atoms with Gasteiger partial charge in [-0.15, -0.1) is 0 Å². The molecule has 1 N–H and O–H groups in total. The lowest BCUT2D eigenvalue weighted by Gasteiger charge is -2.38. The van der Waals surface area contributed by atoms with E-state index in [1.165, 1.54) is 0 Å². The number of pyridine rings is 1. The molecule has 0 fully saturated rings. The lowest BCUT2D eigenvalue weighted by atomic mass is 9.70. The number of hydrogen-bond donors (Lipinski definition) is 1. The number of nitriles is 1. The molecule has 0 radical (unpaired) electrons. The van der Waals surface area contributed by atoms with Gasteiger partial charge in [0.1, 0.15) is 11.9 Å². The molecule has 4 nitrogen and oxygen atoms in total. The average Bonchev–Trinajstić information content (AvgIpc) is 2.37. The lowest BCUT2D eigenvalue weighted by Crippen LogP contribution is -2.33. The second-order valence-corrected chi connectivity index (χ2v) is 6.54. The van der Waals surface area contributed by atoms with Gasteiger partial charge in [0.2, 0.25) is 0 Å². The molecular formula is C16H16FN3O. The predicted molar refractivity (Wildman–Crippen MR) is 76.0 cm³/mol. The highest BCUT2D eigenvalue weighted by atomic mass is 19.1. The zero-order chi connectivity index (χ0) is 15.4. The number of aromatic nitrogens is 1. The number of Topliss-reactive ketones (excluding diaryl/α,β-unsaturated/α-hetero) is 1. The molecule has 21 heavy (non-hydrogen) atoms. The van der Waals surface area contributed by atoms with Gasteiger partial charge in [0.15, 0.2) is 11.6 Å².